The molecular weight excluding hydrogens is 400 g/mol. The molecular formula is C27H20N2O3. The molecule has 1 saturated heterocycles. The number of hydrogen-bond acceptors (Lipinski definition) is 4. The lowest BCUT2D eigenvalue weighted by Gasteiger charge is -2.25. The number of hydrogen-bond donors (Lipinski definition) is 1. The van der Waals surface area contributed by atoms with Crippen molar-refractivity contribution in [1.29, 1.82) is 0 Å². The molecule has 4 aromatic rings. The zero-order valence-corrected chi connectivity index (χ0v) is 17.4. The normalized spacial score (nSPS) is 17.8. The third kappa shape index (κ3) is 3.15. The second-order valence-corrected chi connectivity index (χ2v) is 7.82. The predicted octanol–water partition coefficient (Wildman–Crippen LogP) is 5.17. The van der Waals surface area contributed by atoms with Crippen molar-refractivity contribution in [3.05, 3.63) is 114 Å². The quantitative estimate of drug-likeness (QED) is 0.282. The summed E-state index contributed by atoms with van der Waals surface area (Å²) >= 11 is 0. The van der Waals surface area contributed by atoms with Gasteiger partial charge in [0.2, 0.25) is 0 Å². The highest BCUT2D eigenvalue weighted by atomic mass is 16.3. The van der Waals surface area contributed by atoms with Gasteiger partial charge in [-0.3, -0.25) is 19.5 Å². The van der Waals surface area contributed by atoms with Gasteiger partial charge < -0.3 is 5.11 Å². The first-order chi connectivity index (χ1) is 15.6. The molecule has 1 N–H and O–H groups in total. The maximum atomic E-state index is 13.3. The van der Waals surface area contributed by atoms with E-state index < -0.39 is 17.7 Å². The summed E-state index contributed by atoms with van der Waals surface area (Å²) in [6.07, 6.45) is 3.25. The molecule has 1 amide bonds. The zero-order valence-electron chi connectivity index (χ0n) is 17.4. The van der Waals surface area contributed by atoms with Crippen LogP contribution in [-0.4, -0.2) is 21.8 Å². The number of nitrogens with zero attached hydrogens (tertiary/aromatic N) is 2. The number of aliphatic hydroxyl groups excluding tert-OH is 1. The number of carbonyl (C=O) groups excluding carboxylic acids is 2. The molecule has 1 aliphatic rings. The van der Waals surface area contributed by atoms with Crippen LogP contribution in [0.3, 0.4) is 0 Å². The lowest BCUT2D eigenvalue weighted by Crippen LogP contribution is -2.29. The van der Waals surface area contributed by atoms with Gasteiger partial charge in [-0.2, -0.15) is 0 Å². The zero-order chi connectivity index (χ0) is 22.2. The minimum absolute atomic E-state index is 0.0555. The summed E-state index contributed by atoms with van der Waals surface area (Å²) in [4.78, 5) is 32.1. The van der Waals surface area contributed by atoms with Crippen LogP contribution in [0.4, 0.5) is 5.69 Å². The van der Waals surface area contributed by atoms with E-state index in [0.29, 0.717) is 16.8 Å². The first kappa shape index (κ1) is 19.7. The Kier molecular flexibility index (Phi) is 4.79. The average molecular weight is 420 g/mol. The van der Waals surface area contributed by atoms with Crippen molar-refractivity contribution in [2.24, 2.45) is 0 Å². The van der Waals surface area contributed by atoms with E-state index in [-0.39, 0.29) is 11.3 Å². The van der Waals surface area contributed by atoms with Gasteiger partial charge in [-0.1, -0.05) is 66.2 Å². The van der Waals surface area contributed by atoms with Crippen molar-refractivity contribution >= 4 is 33.9 Å². The predicted molar refractivity (Wildman–Crippen MR) is 124 cm³/mol. The van der Waals surface area contributed by atoms with Gasteiger partial charge >= 0.3 is 0 Å². The topological polar surface area (TPSA) is 70.5 Å². The number of benzene rings is 3. The third-order valence-corrected chi connectivity index (χ3v) is 5.80. The summed E-state index contributed by atoms with van der Waals surface area (Å²) in [6, 6.07) is 23.3. The van der Waals surface area contributed by atoms with Gasteiger partial charge in [-0.05, 0) is 41.5 Å². The van der Waals surface area contributed by atoms with Gasteiger partial charge in [-0.15, -0.1) is 0 Å². The number of fused-ring (bicyclic) bond motifs is 1. The Balaban J connectivity index is 1.77. The van der Waals surface area contributed by atoms with Gasteiger partial charge in [0.25, 0.3) is 11.7 Å². The van der Waals surface area contributed by atoms with E-state index in [1.54, 1.807) is 30.6 Å². The van der Waals surface area contributed by atoms with E-state index in [9.17, 15) is 14.7 Å². The molecule has 5 nitrogen and oxygen atoms in total. The highest BCUT2D eigenvalue weighted by Gasteiger charge is 2.47. The van der Waals surface area contributed by atoms with Crippen molar-refractivity contribution in [3.8, 4) is 0 Å². The summed E-state index contributed by atoms with van der Waals surface area (Å²) in [5.74, 6) is -1.59. The highest BCUT2D eigenvalue weighted by Crippen LogP contribution is 2.42. The number of carbonyl (C=O) groups is 2. The van der Waals surface area contributed by atoms with Crippen LogP contribution < -0.4 is 4.90 Å². The number of aromatic nitrogens is 1. The lowest BCUT2D eigenvalue weighted by molar-refractivity contribution is -0.132. The molecule has 5 rings (SSSR count). The van der Waals surface area contributed by atoms with Gasteiger partial charge in [0.05, 0.1) is 11.6 Å². The minimum atomic E-state index is -0.787. The van der Waals surface area contributed by atoms with E-state index >= 15 is 0 Å². The van der Waals surface area contributed by atoms with Crippen LogP contribution in [0.1, 0.15) is 22.7 Å². The number of pyridine rings is 1. The number of rotatable bonds is 3. The Morgan fingerprint density at radius 2 is 1.66 bits per heavy atom. The monoisotopic (exact) mass is 420 g/mol. The summed E-state index contributed by atoms with van der Waals surface area (Å²) in [7, 11) is 0. The molecule has 5 heteroatoms. The van der Waals surface area contributed by atoms with Crippen LogP contribution in [0.15, 0.2) is 96.8 Å². The van der Waals surface area contributed by atoms with Crippen molar-refractivity contribution in [3.63, 3.8) is 0 Å². The molecule has 1 fully saturated rings. The van der Waals surface area contributed by atoms with E-state index in [1.165, 1.54) is 4.90 Å². The Morgan fingerprint density at radius 3 is 2.41 bits per heavy atom. The Labute approximate surface area is 185 Å². The van der Waals surface area contributed by atoms with Crippen LogP contribution in [0.5, 0.6) is 0 Å². The van der Waals surface area contributed by atoms with Gasteiger partial charge in [0.15, 0.2) is 0 Å². The van der Waals surface area contributed by atoms with E-state index in [2.05, 4.69) is 4.98 Å². The van der Waals surface area contributed by atoms with Gasteiger partial charge in [-0.25, -0.2) is 0 Å². The van der Waals surface area contributed by atoms with Crippen LogP contribution >= 0.6 is 0 Å². The maximum absolute atomic E-state index is 13.3. The van der Waals surface area contributed by atoms with Crippen LogP contribution in [0.2, 0.25) is 0 Å². The minimum Gasteiger partial charge on any atom is -0.507 e. The first-order valence-corrected chi connectivity index (χ1v) is 10.3. The standard InChI is InChI=1S/C27H20N2O3/c1-17-11-13-20(14-12-17)29-24(19-8-5-15-28-16-19)23(26(31)27(29)32)25(30)22-10-4-7-18-6-2-3-9-21(18)22/h2-16,24,30H,1H3/b25-23-. The summed E-state index contributed by atoms with van der Waals surface area (Å²) in [5, 5.41) is 13.1. The molecule has 0 radical (unpaired) electrons. The average Bonchev–Trinajstić information content (AvgIpc) is 3.10. The lowest BCUT2D eigenvalue weighted by atomic mass is 9.94. The van der Waals surface area contributed by atoms with Crippen LogP contribution in [0, 0.1) is 6.92 Å². The van der Waals surface area contributed by atoms with Crippen molar-refractivity contribution in [2.75, 3.05) is 4.90 Å². The molecule has 1 unspecified atom stereocenters. The molecule has 156 valence electrons. The van der Waals surface area contributed by atoms with Crippen molar-refractivity contribution in [2.45, 2.75) is 13.0 Å². The SMILES string of the molecule is Cc1ccc(N2C(=O)C(=O)/C(=C(\O)c3cccc4ccccc34)C2c2cccnc2)cc1. The number of aryl methyl sites for hydroxylation is 1. The molecule has 0 aliphatic carbocycles. The summed E-state index contributed by atoms with van der Waals surface area (Å²) in [6.45, 7) is 1.96. The van der Waals surface area contributed by atoms with Crippen molar-refractivity contribution in [1.82, 2.24) is 4.98 Å². The second kappa shape index (κ2) is 7.78. The Morgan fingerprint density at radius 1 is 0.906 bits per heavy atom. The van der Waals surface area contributed by atoms with Gasteiger partial charge in [0.1, 0.15) is 5.76 Å². The molecule has 2 heterocycles. The third-order valence-electron chi connectivity index (χ3n) is 5.80. The maximum Gasteiger partial charge on any atom is 0.300 e. The fourth-order valence-electron chi connectivity index (χ4n) is 4.23. The molecule has 0 saturated carbocycles. The number of anilines is 1. The molecule has 32 heavy (non-hydrogen) atoms. The largest absolute Gasteiger partial charge is 0.507 e. The molecule has 1 atom stereocenters. The van der Waals surface area contributed by atoms with Crippen LogP contribution in [0.25, 0.3) is 16.5 Å². The Hall–Kier alpha value is -4.25. The fraction of sp³-hybridized carbons (Fsp3) is 0.0741. The van der Waals surface area contributed by atoms with Gasteiger partial charge in [0, 0.05) is 23.6 Å². The fourth-order valence-corrected chi connectivity index (χ4v) is 4.23. The molecule has 1 aromatic heterocycles. The molecule has 0 bridgehead atoms. The first-order valence-electron chi connectivity index (χ1n) is 10.3. The Bertz CT molecular complexity index is 1370. The van der Waals surface area contributed by atoms with E-state index in [0.717, 1.165) is 16.3 Å². The van der Waals surface area contributed by atoms with E-state index in [1.807, 2.05) is 67.6 Å². The molecule has 0 spiro atoms. The number of Topliss-reactive ketones (excluding diaryl/α,β-unsaturated/α-hetero) is 1. The molecule has 3 aromatic carbocycles. The van der Waals surface area contributed by atoms with E-state index in [4.69, 9.17) is 0 Å². The number of amides is 1. The second-order valence-electron chi connectivity index (χ2n) is 7.82. The smallest absolute Gasteiger partial charge is 0.300 e. The number of aliphatic hydroxyl groups is 1. The number of ketones is 1. The summed E-state index contributed by atoms with van der Waals surface area (Å²) < 4.78 is 0. The summed E-state index contributed by atoms with van der Waals surface area (Å²) in [5.41, 5.74) is 2.84. The van der Waals surface area contributed by atoms with Crippen molar-refractivity contribution < 1.29 is 14.7 Å². The van der Waals surface area contributed by atoms with Crippen LogP contribution in [-0.2, 0) is 9.59 Å². The highest BCUT2D eigenvalue weighted by molar-refractivity contribution is 6.51. The molecule has 1 aliphatic heterocycles.